The van der Waals surface area contributed by atoms with Crippen molar-refractivity contribution in [2.75, 3.05) is 19.0 Å². The van der Waals surface area contributed by atoms with Crippen LogP contribution < -0.4 is 24.3 Å². The van der Waals surface area contributed by atoms with E-state index >= 15 is 0 Å². The summed E-state index contributed by atoms with van der Waals surface area (Å²) in [4.78, 5) is 27.1. The molecule has 3 atom stereocenters. The molecule has 6 aromatic rings. The van der Waals surface area contributed by atoms with Crippen molar-refractivity contribution in [3.63, 3.8) is 0 Å². The number of carboxylic acids is 1. The summed E-state index contributed by atoms with van der Waals surface area (Å²) in [5.74, 6) is 3.83. The number of pyridine rings is 1. The average Bonchev–Trinajstić information content (AvgIpc) is 3.61. The van der Waals surface area contributed by atoms with Crippen LogP contribution in [0.5, 0.6) is 23.0 Å². The molecule has 0 saturated heterocycles. The highest BCUT2D eigenvalue weighted by molar-refractivity contribution is 6.30. The highest BCUT2D eigenvalue weighted by atomic mass is 35.5. The molecule has 2 N–H and O–H groups in total. The lowest BCUT2D eigenvalue weighted by molar-refractivity contribution is -0.144. The second-order valence-corrected chi connectivity index (χ2v) is 18.7. The van der Waals surface area contributed by atoms with Crippen molar-refractivity contribution in [2.24, 2.45) is 11.8 Å². The Labute approximate surface area is 386 Å². The van der Waals surface area contributed by atoms with E-state index in [9.17, 15) is 9.90 Å². The average molecular weight is 894 g/mol. The standard InChI is InChI=1S/C54H57ClN4O6/c1-35(32-65-49-20-26-56-47-15-6-9-36(2)50(47)49)27-39-29-38-18-17-37(28-46(38)53(39)21-23-54(24-22-53,52(60)61)59-41-11-7-10-40(55)30-41)33-63-43-12-8-13-44(31-43)64-34-42-19-25-57-51(58-42)45-14-4-5-16-48(45)62-3/h4-5,7-8,10-14,16-20,25-26,28,30-31,35-36,39,59H,6,9,15,21-24,27,29,32-34H2,1-3H3,(H,60,61)/t35-,36-,39+,53?,54?/m1/s1. The first-order valence-corrected chi connectivity index (χ1v) is 23.3. The zero-order chi connectivity index (χ0) is 45.0. The molecule has 3 aliphatic rings. The molecule has 336 valence electrons. The van der Waals surface area contributed by atoms with Crippen LogP contribution in [0.25, 0.3) is 11.4 Å². The second kappa shape index (κ2) is 19.1. The molecule has 1 spiro atoms. The molecule has 4 aromatic carbocycles. The minimum Gasteiger partial charge on any atom is -0.496 e. The van der Waals surface area contributed by atoms with Gasteiger partial charge in [0.2, 0.25) is 0 Å². The van der Waals surface area contributed by atoms with Crippen LogP contribution in [0, 0.1) is 11.8 Å². The second-order valence-electron chi connectivity index (χ2n) is 18.3. The predicted octanol–water partition coefficient (Wildman–Crippen LogP) is 11.8. The number of para-hydroxylation sites is 1. The minimum absolute atomic E-state index is 0.195. The predicted molar refractivity (Wildman–Crippen MR) is 253 cm³/mol. The Morgan fingerprint density at radius 3 is 2.45 bits per heavy atom. The first kappa shape index (κ1) is 44.1. The first-order valence-electron chi connectivity index (χ1n) is 22.9. The van der Waals surface area contributed by atoms with E-state index in [-0.39, 0.29) is 17.9 Å². The summed E-state index contributed by atoms with van der Waals surface area (Å²) in [5.41, 5.74) is 7.16. The van der Waals surface area contributed by atoms with Crippen LogP contribution in [-0.4, -0.2) is 45.3 Å². The van der Waals surface area contributed by atoms with Crippen molar-refractivity contribution in [3.8, 4) is 34.4 Å². The number of hydrogen-bond donors (Lipinski definition) is 2. The number of rotatable bonds is 16. The third-order valence-electron chi connectivity index (χ3n) is 14.0. The third-order valence-corrected chi connectivity index (χ3v) is 14.3. The fourth-order valence-corrected chi connectivity index (χ4v) is 10.8. The van der Waals surface area contributed by atoms with Gasteiger partial charge in [-0.05, 0) is 152 Å². The van der Waals surface area contributed by atoms with Crippen LogP contribution in [0.15, 0.2) is 116 Å². The molecule has 10 nitrogen and oxygen atoms in total. The number of ether oxygens (including phenoxy) is 4. The van der Waals surface area contributed by atoms with Crippen LogP contribution >= 0.6 is 11.6 Å². The number of benzene rings is 4. The van der Waals surface area contributed by atoms with Crippen molar-refractivity contribution in [2.45, 2.75) is 102 Å². The highest BCUT2D eigenvalue weighted by Gasteiger charge is 2.54. The molecule has 0 aliphatic heterocycles. The summed E-state index contributed by atoms with van der Waals surface area (Å²) in [6, 6.07) is 33.4. The number of fused-ring (bicyclic) bond motifs is 3. The van der Waals surface area contributed by atoms with Gasteiger partial charge in [-0.3, -0.25) is 4.98 Å². The summed E-state index contributed by atoms with van der Waals surface area (Å²) in [6.07, 6.45) is 11.3. The van der Waals surface area contributed by atoms with Crippen LogP contribution in [0.4, 0.5) is 5.69 Å². The number of halogens is 1. The summed E-state index contributed by atoms with van der Waals surface area (Å²) in [5, 5.41) is 14.8. The number of anilines is 1. The molecule has 0 amide bonds. The van der Waals surface area contributed by atoms with Crippen LogP contribution in [0.2, 0.25) is 5.02 Å². The van der Waals surface area contributed by atoms with E-state index in [1.807, 2.05) is 79.0 Å². The van der Waals surface area contributed by atoms with E-state index in [1.165, 1.54) is 28.8 Å². The number of hydrogen-bond acceptors (Lipinski definition) is 9. The fraction of sp³-hybridized carbons (Fsp3) is 0.370. The molecule has 65 heavy (non-hydrogen) atoms. The number of nitrogens with one attached hydrogen (secondary N) is 1. The van der Waals surface area contributed by atoms with Gasteiger partial charge in [-0.2, -0.15) is 0 Å². The number of methoxy groups -OCH3 is 1. The van der Waals surface area contributed by atoms with Crippen LogP contribution in [-0.2, 0) is 36.3 Å². The van der Waals surface area contributed by atoms with Crippen molar-refractivity contribution in [1.82, 2.24) is 15.0 Å². The van der Waals surface area contributed by atoms with Crippen molar-refractivity contribution in [3.05, 3.63) is 154 Å². The molecule has 11 heteroatoms. The molecule has 2 aromatic heterocycles. The van der Waals surface area contributed by atoms with E-state index in [0.29, 0.717) is 66.0 Å². The van der Waals surface area contributed by atoms with Crippen molar-refractivity contribution >= 4 is 23.3 Å². The topological polar surface area (TPSA) is 125 Å². The molecule has 0 bridgehead atoms. The monoisotopic (exact) mass is 892 g/mol. The maximum Gasteiger partial charge on any atom is 0.329 e. The van der Waals surface area contributed by atoms with E-state index in [2.05, 4.69) is 42.3 Å². The molecule has 1 fully saturated rings. The largest absolute Gasteiger partial charge is 0.496 e. The third kappa shape index (κ3) is 9.50. The van der Waals surface area contributed by atoms with Gasteiger partial charge >= 0.3 is 5.97 Å². The van der Waals surface area contributed by atoms with Crippen LogP contribution in [0.3, 0.4) is 0 Å². The smallest absolute Gasteiger partial charge is 0.329 e. The highest BCUT2D eigenvalue weighted by Crippen LogP contribution is 2.56. The van der Waals surface area contributed by atoms with Gasteiger partial charge in [0, 0.05) is 40.4 Å². The fourth-order valence-electron chi connectivity index (χ4n) is 10.6. The maximum absolute atomic E-state index is 13.2. The quantitative estimate of drug-likeness (QED) is 0.0970. The molecular formula is C54H57ClN4O6. The molecule has 1 saturated carbocycles. The van der Waals surface area contributed by atoms with E-state index in [4.69, 9.17) is 40.5 Å². The summed E-state index contributed by atoms with van der Waals surface area (Å²) in [6.45, 7) is 5.83. The van der Waals surface area contributed by atoms with Gasteiger partial charge in [-0.15, -0.1) is 0 Å². The lowest BCUT2D eigenvalue weighted by Gasteiger charge is -2.47. The lowest BCUT2D eigenvalue weighted by Crippen LogP contribution is -2.53. The summed E-state index contributed by atoms with van der Waals surface area (Å²) >= 11 is 6.35. The van der Waals surface area contributed by atoms with Gasteiger partial charge in [0.15, 0.2) is 5.82 Å². The number of aliphatic carboxylic acids is 1. The molecule has 3 aliphatic carbocycles. The Morgan fingerprint density at radius 1 is 0.862 bits per heavy atom. The van der Waals surface area contributed by atoms with E-state index < -0.39 is 11.5 Å². The minimum atomic E-state index is -1.10. The maximum atomic E-state index is 13.2. The number of aromatic nitrogens is 3. The number of carbonyl (C=O) groups is 1. The van der Waals surface area contributed by atoms with Gasteiger partial charge in [0.05, 0.1) is 25.0 Å². The summed E-state index contributed by atoms with van der Waals surface area (Å²) in [7, 11) is 1.64. The van der Waals surface area contributed by atoms with Gasteiger partial charge in [0.25, 0.3) is 0 Å². The first-order chi connectivity index (χ1) is 31.6. The Balaban J connectivity index is 0.910. The Morgan fingerprint density at radius 2 is 1.65 bits per heavy atom. The Hall–Kier alpha value is -6.13. The van der Waals surface area contributed by atoms with Gasteiger partial charge in [0.1, 0.15) is 41.8 Å². The molecular weight excluding hydrogens is 836 g/mol. The molecule has 0 unspecified atom stereocenters. The number of nitrogens with zero attached hydrogens (tertiary/aromatic N) is 3. The number of carboxylic acid groups (broad SMARTS) is 1. The van der Waals surface area contributed by atoms with Crippen LogP contribution in [0.1, 0.15) is 98.4 Å². The lowest BCUT2D eigenvalue weighted by atomic mass is 9.59. The Kier molecular flexibility index (Phi) is 13.0. The number of aryl methyl sites for hydroxylation is 1. The van der Waals surface area contributed by atoms with Crippen molar-refractivity contribution < 1.29 is 28.8 Å². The SMILES string of the molecule is COc1ccccc1-c1nccc(COc2cccc(OCc3ccc4c(c3)C3(CCC(Nc5cccc(Cl)c5)(C(=O)O)CC3)[C@@H](C[C@@H](C)COc3ccnc5c3[C@H](C)CCC5)C4)c2)n1. The van der Waals surface area contributed by atoms with E-state index in [1.54, 1.807) is 25.4 Å². The summed E-state index contributed by atoms with van der Waals surface area (Å²) < 4.78 is 24.8. The van der Waals surface area contributed by atoms with Gasteiger partial charge in [-0.25, -0.2) is 14.8 Å². The molecule has 2 heterocycles. The molecule has 0 radical (unpaired) electrons. The van der Waals surface area contributed by atoms with Crippen molar-refractivity contribution in [1.29, 1.82) is 0 Å². The Bertz CT molecular complexity index is 2650. The zero-order valence-electron chi connectivity index (χ0n) is 37.4. The molecule has 9 rings (SSSR count). The van der Waals surface area contributed by atoms with Gasteiger partial charge < -0.3 is 29.4 Å². The normalized spacial score (nSPS) is 21.5. The van der Waals surface area contributed by atoms with E-state index in [0.717, 1.165) is 66.8 Å². The zero-order valence-corrected chi connectivity index (χ0v) is 38.2. The van der Waals surface area contributed by atoms with Gasteiger partial charge in [-0.1, -0.05) is 67.9 Å².